The topological polar surface area (TPSA) is 59.1 Å². The molecule has 0 radical (unpaired) electrons. The molecule has 2 unspecified atom stereocenters. The van der Waals surface area contributed by atoms with Crippen LogP contribution in [-0.2, 0) is 9.53 Å². The number of benzene rings is 1. The molecule has 0 amide bonds. The Morgan fingerprint density at radius 2 is 2.33 bits per heavy atom. The minimum Gasteiger partial charge on any atom is -0.494 e. The summed E-state index contributed by atoms with van der Waals surface area (Å²) in [6.07, 6.45) is -1.39. The van der Waals surface area contributed by atoms with Crippen molar-refractivity contribution in [1.29, 1.82) is 0 Å². The van der Waals surface area contributed by atoms with Crippen molar-refractivity contribution in [2.45, 2.75) is 12.2 Å². The van der Waals surface area contributed by atoms with E-state index in [0.717, 1.165) is 0 Å². The van der Waals surface area contributed by atoms with Crippen molar-refractivity contribution in [2.24, 2.45) is 0 Å². The summed E-state index contributed by atoms with van der Waals surface area (Å²) < 4.78 is 22.9. The summed E-state index contributed by atoms with van der Waals surface area (Å²) in [5, 5.41) is 8.61. The fraction of sp³-hybridized carbons (Fsp3) is 0.300. The van der Waals surface area contributed by atoms with Gasteiger partial charge in [-0.15, -0.1) is 0 Å². The van der Waals surface area contributed by atoms with Crippen LogP contribution in [-0.4, -0.2) is 24.3 Å². The predicted molar refractivity (Wildman–Crippen MR) is 48.2 cm³/mol. The molecule has 15 heavy (non-hydrogen) atoms. The molecule has 1 N–H and O–H groups in total. The molecule has 1 fully saturated rings. The van der Waals surface area contributed by atoms with Crippen molar-refractivity contribution >= 4 is 5.97 Å². The van der Waals surface area contributed by atoms with Gasteiger partial charge in [0.05, 0.1) is 7.11 Å². The van der Waals surface area contributed by atoms with Crippen LogP contribution in [0, 0.1) is 5.82 Å². The third kappa shape index (κ3) is 1.78. The lowest BCUT2D eigenvalue weighted by Crippen LogP contribution is -2.05. The highest BCUT2D eigenvalue weighted by molar-refractivity contribution is 5.76. The maximum atomic E-state index is 13.2. The first kappa shape index (κ1) is 9.92. The number of carbonyl (C=O) groups is 1. The van der Waals surface area contributed by atoms with Crippen LogP contribution in [0.2, 0.25) is 0 Å². The molecule has 2 atom stereocenters. The SMILES string of the molecule is COc1ccc(C2OC2C(=O)O)cc1F. The van der Waals surface area contributed by atoms with Crippen LogP contribution in [0.3, 0.4) is 0 Å². The Hall–Kier alpha value is -1.62. The van der Waals surface area contributed by atoms with Gasteiger partial charge in [-0.2, -0.15) is 0 Å². The third-order valence-electron chi connectivity index (χ3n) is 2.24. The first-order chi connectivity index (χ1) is 7.13. The van der Waals surface area contributed by atoms with Crippen LogP contribution in [0.5, 0.6) is 5.75 Å². The molecule has 0 spiro atoms. The summed E-state index contributed by atoms with van der Waals surface area (Å²) in [6.45, 7) is 0. The highest BCUT2D eigenvalue weighted by atomic mass is 19.1. The fourth-order valence-corrected chi connectivity index (χ4v) is 1.41. The Morgan fingerprint density at radius 1 is 1.60 bits per heavy atom. The van der Waals surface area contributed by atoms with E-state index in [0.29, 0.717) is 5.56 Å². The smallest absolute Gasteiger partial charge is 0.335 e. The molecule has 1 aliphatic rings. The van der Waals surface area contributed by atoms with E-state index in [-0.39, 0.29) is 5.75 Å². The monoisotopic (exact) mass is 212 g/mol. The summed E-state index contributed by atoms with van der Waals surface area (Å²) in [5.41, 5.74) is 0.515. The second kappa shape index (κ2) is 3.51. The maximum absolute atomic E-state index is 13.2. The Labute approximate surface area is 85.2 Å². The fourth-order valence-electron chi connectivity index (χ4n) is 1.41. The minimum atomic E-state index is -1.03. The quantitative estimate of drug-likeness (QED) is 0.768. The number of carboxylic acid groups (broad SMARTS) is 1. The van der Waals surface area contributed by atoms with Crippen LogP contribution in [0.1, 0.15) is 11.7 Å². The number of hydrogen-bond acceptors (Lipinski definition) is 3. The van der Waals surface area contributed by atoms with E-state index in [1.54, 1.807) is 6.07 Å². The molecule has 1 heterocycles. The van der Waals surface area contributed by atoms with Gasteiger partial charge in [0.1, 0.15) is 6.10 Å². The Kier molecular flexibility index (Phi) is 2.32. The van der Waals surface area contributed by atoms with E-state index < -0.39 is 24.0 Å². The zero-order valence-electron chi connectivity index (χ0n) is 7.94. The summed E-state index contributed by atoms with van der Waals surface area (Å²) in [5.74, 6) is -1.42. The van der Waals surface area contributed by atoms with Gasteiger partial charge >= 0.3 is 5.97 Å². The predicted octanol–water partition coefficient (Wildman–Crippen LogP) is 1.36. The van der Waals surface area contributed by atoms with Crippen LogP contribution in [0.15, 0.2) is 18.2 Å². The van der Waals surface area contributed by atoms with Gasteiger partial charge in [-0.05, 0) is 17.7 Å². The zero-order valence-corrected chi connectivity index (χ0v) is 7.94. The first-order valence-electron chi connectivity index (χ1n) is 4.35. The number of carboxylic acids is 1. The number of rotatable bonds is 3. The molecule has 1 aliphatic heterocycles. The van der Waals surface area contributed by atoms with Crippen LogP contribution in [0.4, 0.5) is 4.39 Å². The minimum absolute atomic E-state index is 0.131. The number of ether oxygens (including phenoxy) is 2. The van der Waals surface area contributed by atoms with Crippen LogP contribution >= 0.6 is 0 Å². The van der Waals surface area contributed by atoms with Gasteiger partial charge in [0.15, 0.2) is 17.7 Å². The number of hydrogen-bond donors (Lipinski definition) is 1. The Balaban J connectivity index is 2.18. The van der Waals surface area contributed by atoms with Crippen molar-refractivity contribution in [3.63, 3.8) is 0 Å². The molecule has 2 rings (SSSR count). The van der Waals surface area contributed by atoms with Gasteiger partial charge in [-0.1, -0.05) is 6.07 Å². The standard InChI is InChI=1S/C10H9FO4/c1-14-7-3-2-5(4-6(7)11)8-9(15-8)10(12)13/h2-4,8-9H,1H3,(H,12,13). The van der Waals surface area contributed by atoms with Gasteiger partial charge in [-0.25, -0.2) is 9.18 Å². The zero-order chi connectivity index (χ0) is 11.0. The van der Waals surface area contributed by atoms with E-state index in [2.05, 4.69) is 0 Å². The van der Waals surface area contributed by atoms with Gasteiger partial charge in [0.2, 0.25) is 0 Å². The van der Waals surface area contributed by atoms with Crippen LogP contribution < -0.4 is 4.74 Å². The highest BCUT2D eigenvalue weighted by Gasteiger charge is 2.46. The molecule has 0 saturated carbocycles. The van der Waals surface area contributed by atoms with Gasteiger partial charge in [-0.3, -0.25) is 0 Å². The lowest BCUT2D eigenvalue weighted by atomic mass is 10.1. The van der Waals surface area contributed by atoms with E-state index in [1.165, 1.54) is 19.2 Å². The van der Waals surface area contributed by atoms with Gasteiger partial charge < -0.3 is 14.6 Å². The number of methoxy groups -OCH3 is 1. The third-order valence-corrected chi connectivity index (χ3v) is 2.24. The molecule has 80 valence electrons. The van der Waals surface area contributed by atoms with Crippen LogP contribution in [0.25, 0.3) is 0 Å². The van der Waals surface area contributed by atoms with E-state index in [1.807, 2.05) is 0 Å². The lowest BCUT2D eigenvalue weighted by molar-refractivity contribution is -0.138. The van der Waals surface area contributed by atoms with Crippen molar-refractivity contribution in [2.75, 3.05) is 7.11 Å². The van der Waals surface area contributed by atoms with Gasteiger partial charge in [0, 0.05) is 0 Å². The Bertz CT molecular complexity index is 404. The average Bonchev–Trinajstić information content (AvgIpc) is 2.97. The molecule has 1 aromatic rings. The normalized spacial score (nSPS) is 23.6. The molecule has 1 aromatic carbocycles. The second-order valence-corrected chi connectivity index (χ2v) is 3.21. The highest BCUT2D eigenvalue weighted by Crippen LogP contribution is 2.39. The second-order valence-electron chi connectivity index (χ2n) is 3.21. The van der Waals surface area contributed by atoms with Crippen molar-refractivity contribution < 1.29 is 23.8 Å². The molecular weight excluding hydrogens is 203 g/mol. The number of halogens is 1. The number of aliphatic carboxylic acids is 1. The maximum Gasteiger partial charge on any atom is 0.335 e. The molecule has 0 aliphatic carbocycles. The molecule has 5 heteroatoms. The number of epoxide rings is 1. The van der Waals surface area contributed by atoms with Crippen molar-refractivity contribution in [3.8, 4) is 5.75 Å². The summed E-state index contributed by atoms with van der Waals surface area (Å²) >= 11 is 0. The average molecular weight is 212 g/mol. The molecule has 4 nitrogen and oxygen atoms in total. The molecular formula is C10H9FO4. The molecule has 0 bridgehead atoms. The van der Waals surface area contributed by atoms with E-state index in [9.17, 15) is 9.18 Å². The summed E-state index contributed by atoms with van der Waals surface area (Å²) in [7, 11) is 1.37. The lowest BCUT2D eigenvalue weighted by Gasteiger charge is -2.02. The van der Waals surface area contributed by atoms with E-state index in [4.69, 9.17) is 14.6 Å². The molecule has 1 saturated heterocycles. The first-order valence-corrected chi connectivity index (χ1v) is 4.35. The Morgan fingerprint density at radius 3 is 2.80 bits per heavy atom. The summed E-state index contributed by atoms with van der Waals surface area (Å²) in [4.78, 5) is 10.5. The van der Waals surface area contributed by atoms with E-state index >= 15 is 0 Å². The van der Waals surface area contributed by atoms with Crippen molar-refractivity contribution in [1.82, 2.24) is 0 Å². The van der Waals surface area contributed by atoms with Crippen molar-refractivity contribution in [3.05, 3.63) is 29.6 Å². The molecule has 0 aromatic heterocycles. The van der Waals surface area contributed by atoms with Gasteiger partial charge in [0.25, 0.3) is 0 Å². The largest absolute Gasteiger partial charge is 0.494 e. The summed E-state index contributed by atoms with van der Waals surface area (Å²) in [6, 6.07) is 4.27.